The van der Waals surface area contributed by atoms with Crippen molar-refractivity contribution < 1.29 is 9.90 Å². The molecule has 0 unspecified atom stereocenters. The van der Waals surface area contributed by atoms with E-state index < -0.39 is 5.97 Å². The molecular weight excluding hydrogens is 206 g/mol. The van der Waals surface area contributed by atoms with Crippen LogP contribution in [0.5, 0.6) is 0 Å². The number of carboxylic acids is 1. The maximum atomic E-state index is 10.9. The zero-order valence-electron chi connectivity index (χ0n) is 9.48. The lowest BCUT2D eigenvalue weighted by Gasteiger charge is -2.01. The van der Waals surface area contributed by atoms with E-state index in [-0.39, 0.29) is 5.69 Å². The Balaban J connectivity index is 2.83. The van der Waals surface area contributed by atoms with Crippen molar-refractivity contribution in [3.8, 4) is 0 Å². The van der Waals surface area contributed by atoms with Crippen molar-refractivity contribution >= 4 is 11.6 Å². The molecule has 2 heterocycles. The molecule has 0 fully saturated rings. The third-order valence-electron chi connectivity index (χ3n) is 2.64. The van der Waals surface area contributed by atoms with Gasteiger partial charge in [-0.25, -0.2) is 14.3 Å². The maximum absolute atomic E-state index is 10.9. The first kappa shape index (κ1) is 10.6. The van der Waals surface area contributed by atoms with Gasteiger partial charge in [0.25, 0.3) is 0 Å². The minimum atomic E-state index is -1.01. The Morgan fingerprint density at radius 1 is 1.50 bits per heavy atom. The number of fused-ring (bicyclic) bond motifs is 1. The monoisotopic (exact) mass is 219 g/mol. The molecule has 5 heteroatoms. The van der Waals surface area contributed by atoms with Crippen molar-refractivity contribution in [3.05, 3.63) is 28.7 Å². The SMILES string of the molecule is CCc1c(C)nn2c(C)cc(C(=O)O)nc12. The van der Waals surface area contributed by atoms with Crippen LogP contribution >= 0.6 is 0 Å². The average Bonchev–Trinajstić information content (AvgIpc) is 2.54. The second-order valence-corrected chi connectivity index (χ2v) is 3.74. The second kappa shape index (κ2) is 3.59. The average molecular weight is 219 g/mol. The topological polar surface area (TPSA) is 67.5 Å². The molecule has 16 heavy (non-hydrogen) atoms. The fraction of sp³-hybridized carbons (Fsp3) is 0.364. The molecule has 0 radical (unpaired) electrons. The van der Waals surface area contributed by atoms with Gasteiger partial charge < -0.3 is 5.11 Å². The number of aromatic carboxylic acids is 1. The molecule has 2 aromatic heterocycles. The summed E-state index contributed by atoms with van der Waals surface area (Å²) in [7, 11) is 0. The van der Waals surface area contributed by atoms with Gasteiger partial charge in [-0.1, -0.05) is 6.92 Å². The summed E-state index contributed by atoms with van der Waals surface area (Å²) in [5.41, 5.74) is 3.41. The number of aromatic nitrogens is 3. The van der Waals surface area contributed by atoms with Crippen LogP contribution in [0.1, 0.15) is 34.4 Å². The Labute approximate surface area is 92.7 Å². The van der Waals surface area contributed by atoms with Gasteiger partial charge in [0.05, 0.1) is 5.69 Å². The van der Waals surface area contributed by atoms with Crippen LogP contribution in [-0.2, 0) is 6.42 Å². The highest BCUT2D eigenvalue weighted by Crippen LogP contribution is 2.16. The summed E-state index contributed by atoms with van der Waals surface area (Å²) in [6.45, 7) is 5.74. The van der Waals surface area contributed by atoms with Crippen molar-refractivity contribution in [3.63, 3.8) is 0 Å². The first-order valence-electron chi connectivity index (χ1n) is 5.13. The normalized spacial score (nSPS) is 10.9. The van der Waals surface area contributed by atoms with Crippen LogP contribution in [-0.4, -0.2) is 25.7 Å². The first-order valence-corrected chi connectivity index (χ1v) is 5.13. The highest BCUT2D eigenvalue weighted by atomic mass is 16.4. The zero-order valence-corrected chi connectivity index (χ0v) is 9.48. The van der Waals surface area contributed by atoms with Crippen molar-refractivity contribution in [2.24, 2.45) is 0 Å². The van der Waals surface area contributed by atoms with Crippen LogP contribution in [0.2, 0.25) is 0 Å². The standard InChI is InChI=1S/C11H13N3O2/c1-4-8-7(3)13-14-6(2)5-9(11(15)16)12-10(8)14/h5H,4H2,1-3H3,(H,15,16). The van der Waals surface area contributed by atoms with Crippen molar-refractivity contribution in [2.45, 2.75) is 27.2 Å². The molecule has 0 aliphatic heterocycles. The number of carboxylic acid groups (broad SMARTS) is 1. The van der Waals surface area contributed by atoms with E-state index >= 15 is 0 Å². The Morgan fingerprint density at radius 2 is 2.19 bits per heavy atom. The summed E-state index contributed by atoms with van der Waals surface area (Å²) in [5.74, 6) is -1.01. The highest BCUT2D eigenvalue weighted by Gasteiger charge is 2.14. The van der Waals surface area contributed by atoms with Crippen molar-refractivity contribution in [2.75, 3.05) is 0 Å². The fourth-order valence-corrected chi connectivity index (χ4v) is 1.84. The van der Waals surface area contributed by atoms with E-state index in [1.54, 1.807) is 4.52 Å². The predicted octanol–water partition coefficient (Wildman–Crippen LogP) is 1.61. The summed E-state index contributed by atoms with van der Waals surface area (Å²) in [6.07, 6.45) is 0.796. The van der Waals surface area contributed by atoms with Gasteiger partial charge in [0, 0.05) is 11.3 Å². The number of hydrogen-bond donors (Lipinski definition) is 1. The van der Waals surface area contributed by atoms with Gasteiger partial charge >= 0.3 is 5.97 Å². The number of carbonyl (C=O) groups is 1. The van der Waals surface area contributed by atoms with E-state index in [0.717, 1.165) is 23.4 Å². The van der Waals surface area contributed by atoms with Gasteiger partial charge in [-0.15, -0.1) is 0 Å². The molecule has 0 amide bonds. The van der Waals surface area contributed by atoms with Crippen LogP contribution < -0.4 is 0 Å². The molecule has 0 aliphatic rings. The molecule has 0 atom stereocenters. The summed E-state index contributed by atoms with van der Waals surface area (Å²) in [6, 6.07) is 1.53. The molecule has 1 N–H and O–H groups in total. The van der Waals surface area contributed by atoms with Crippen LogP contribution in [0.3, 0.4) is 0 Å². The van der Waals surface area contributed by atoms with E-state index in [4.69, 9.17) is 5.11 Å². The van der Waals surface area contributed by atoms with Gasteiger partial charge in [-0.05, 0) is 26.3 Å². The molecule has 0 saturated carbocycles. The Kier molecular flexibility index (Phi) is 2.38. The van der Waals surface area contributed by atoms with E-state index in [0.29, 0.717) is 5.65 Å². The van der Waals surface area contributed by atoms with E-state index in [1.807, 2.05) is 20.8 Å². The highest BCUT2D eigenvalue weighted by molar-refractivity contribution is 5.86. The molecule has 0 spiro atoms. The summed E-state index contributed by atoms with van der Waals surface area (Å²) in [4.78, 5) is 15.0. The smallest absolute Gasteiger partial charge is 0.354 e. The zero-order chi connectivity index (χ0) is 11.9. The van der Waals surface area contributed by atoms with Crippen LogP contribution in [0.25, 0.3) is 5.65 Å². The molecule has 2 rings (SSSR count). The minimum Gasteiger partial charge on any atom is -0.477 e. The van der Waals surface area contributed by atoms with E-state index in [1.165, 1.54) is 6.07 Å². The Hall–Kier alpha value is -1.91. The summed E-state index contributed by atoms with van der Waals surface area (Å²) < 4.78 is 1.70. The largest absolute Gasteiger partial charge is 0.477 e. The van der Waals surface area contributed by atoms with Crippen molar-refractivity contribution in [1.29, 1.82) is 0 Å². The Morgan fingerprint density at radius 3 is 2.75 bits per heavy atom. The molecule has 0 saturated heterocycles. The number of nitrogens with zero attached hydrogens (tertiary/aromatic N) is 3. The lowest BCUT2D eigenvalue weighted by atomic mass is 10.2. The molecule has 0 bridgehead atoms. The minimum absolute atomic E-state index is 0.0691. The van der Waals surface area contributed by atoms with Gasteiger partial charge in [0.1, 0.15) is 0 Å². The number of rotatable bonds is 2. The quantitative estimate of drug-likeness (QED) is 0.833. The molecule has 5 nitrogen and oxygen atoms in total. The van der Waals surface area contributed by atoms with Crippen molar-refractivity contribution in [1.82, 2.24) is 14.6 Å². The lowest BCUT2D eigenvalue weighted by Crippen LogP contribution is -2.05. The molecule has 84 valence electrons. The summed E-state index contributed by atoms with van der Waals surface area (Å²) in [5, 5.41) is 13.3. The maximum Gasteiger partial charge on any atom is 0.354 e. The van der Waals surface area contributed by atoms with Gasteiger partial charge in [0.2, 0.25) is 0 Å². The molecular formula is C11H13N3O2. The van der Waals surface area contributed by atoms with Gasteiger partial charge in [-0.3, -0.25) is 0 Å². The van der Waals surface area contributed by atoms with Crippen LogP contribution in [0.15, 0.2) is 6.07 Å². The van der Waals surface area contributed by atoms with Crippen LogP contribution in [0, 0.1) is 13.8 Å². The molecule has 2 aromatic rings. The predicted molar refractivity (Wildman–Crippen MR) is 58.8 cm³/mol. The van der Waals surface area contributed by atoms with E-state index in [2.05, 4.69) is 10.1 Å². The molecule has 0 aliphatic carbocycles. The fourth-order valence-electron chi connectivity index (χ4n) is 1.84. The summed E-state index contributed by atoms with van der Waals surface area (Å²) >= 11 is 0. The van der Waals surface area contributed by atoms with Gasteiger partial charge in [0.15, 0.2) is 11.3 Å². The van der Waals surface area contributed by atoms with Gasteiger partial charge in [-0.2, -0.15) is 5.10 Å². The third kappa shape index (κ3) is 1.44. The van der Waals surface area contributed by atoms with E-state index in [9.17, 15) is 4.79 Å². The van der Waals surface area contributed by atoms with Crippen LogP contribution in [0.4, 0.5) is 0 Å². The molecule has 0 aromatic carbocycles. The second-order valence-electron chi connectivity index (χ2n) is 3.74. The number of aryl methyl sites for hydroxylation is 3. The Bertz CT molecular complexity index is 572. The third-order valence-corrected chi connectivity index (χ3v) is 2.64. The lowest BCUT2D eigenvalue weighted by molar-refractivity contribution is 0.0690. The first-order chi connectivity index (χ1) is 7.54. The number of hydrogen-bond acceptors (Lipinski definition) is 3.